The Labute approximate surface area is 121 Å². The zero-order chi connectivity index (χ0) is 16.0. The van der Waals surface area contributed by atoms with Gasteiger partial charge in [-0.25, -0.2) is 0 Å². The number of methoxy groups -OCH3 is 1. The Kier molecular flexibility index (Phi) is 6.04. The van der Waals surface area contributed by atoms with E-state index in [-0.39, 0.29) is 18.4 Å². The molecule has 0 heterocycles. The molecule has 0 saturated carbocycles. The van der Waals surface area contributed by atoms with Crippen LogP contribution in [-0.2, 0) is 9.53 Å². The number of carbonyl (C=O) groups excluding carboxylic acids is 1. The molecule has 0 aromatic heterocycles. The highest BCUT2D eigenvalue weighted by atomic mass is 19.1. The summed E-state index contributed by atoms with van der Waals surface area (Å²) in [6.45, 7) is 3.62. The van der Waals surface area contributed by atoms with E-state index < -0.39 is 28.4 Å². The van der Waals surface area contributed by atoms with Gasteiger partial charge in [-0.15, -0.1) is 0 Å². The lowest BCUT2D eigenvalue weighted by Crippen LogP contribution is -2.45. The second-order valence-corrected chi connectivity index (χ2v) is 4.58. The van der Waals surface area contributed by atoms with Gasteiger partial charge in [0.25, 0.3) is 0 Å². The minimum atomic E-state index is -0.996. The molecule has 1 N–H and O–H groups in total. The molecule has 0 spiro atoms. The van der Waals surface area contributed by atoms with E-state index in [0.29, 0.717) is 0 Å². The zero-order valence-corrected chi connectivity index (χ0v) is 12.0. The Bertz CT molecular complexity index is 521. The molecule has 21 heavy (non-hydrogen) atoms. The lowest BCUT2D eigenvalue weighted by Gasteiger charge is -2.19. The van der Waals surface area contributed by atoms with Crippen molar-refractivity contribution in [3.63, 3.8) is 0 Å². The summed E-state index contributed by atoms with van der Waals surface area (Å²) in [6.07, 6.45) is 0. The minimum absolute atomic E-state index is 0.0197. The Balaban J connectivity index is 2.73. The Morgan fingerprint density at radius 1 is 1.48 bits per heavy atom. The molecule has 116 valence electrons. The van der Waals surface area contributed by atoms with Crippen molar-refractivity contribution in [2.75, 3.05) is 13.7 Å². The van der Waals surface area contributed by atoms with Crippen LogP contribution in [-0.4, -0.2) is 36.7 Å². The van der Waals surface area contributed by atoms with E-state index in [1.54, 1.807) is 0 Å². The first-order chi connectivity index (χ1) is 9.85. The highest BCUT2D eigenvalue weighted by molar-refractivity contribution is 5.75. The van der Waals surface area contributed by atoms with Crippen molar-refractivity contribution >= 4 is 11.7 Å². The number of carbonyl (C=O) groups is 1. The van der Waals surface area contributed by atoms with Crippen molar-refractivity contribution in [3.05, 3.63) is 34.1 Å². The van der Waals surface area contributed by atoms with Gasteiger partial charge < -0.3 is 9.47 Å². The van der Waals surface area contributed by atoms with Gasteiger partial charge in [-0.2, -0.15) is 4.39 Å². The van der Waals surface area contributed by atoms with Gasteiger partial charge >= 0.3 is 11.7 Å². The van der Waals surface area contributed by atoms with Crippen LogP contribution in [0.4, 0.5) is 10.1 Å². The predicted octanol–water partition coefficient (Wildman–Crippen LogP) is 1.65. The molecule has 0 aliphatic rings. The van der Waals surface area contributed by atoms with Crippen LogP contribution < -0.4 is 10.1 Å². The standard InChI is InChI=1S/C13H17FN2O5/c1-8(2)15-11(13(17)20-3)7-21-9-4-5-12(16(18)19)10(14)6-9/h4-6,8,11,15H,7H2,1-3H3. The van der Waals surface area contributed by atoms with E-state index in [9.17, 15) is 19.3 Å². The first kappa shape index (κ1) is 16.8. The normalized spacial score (nSPS) is 12.0. The number of hydrogen-bond acceptors (Lipinski definition) is 6. The third-order valence-electron chi connectivity index (χ3n) is 2.55. The number of halogens is 1. The minimum Gasteiger partial charge on any atom is -0.491 e. The summed E-state index contributed by atoms with van der Waals surface area (Å²) < 4.78 is 23.3. The molecular formula is C13H17FN2O5. The monoisotopic (exact) mass is 300 g/mol. The van der Waals surface area contributed by atoms with Gasteiger partial charge in [0, 0.05) is 18.2 Å². The van der Waals surface area contributed by atoms with E-state index in [4.69, 9.17) is 4.74 Å². The lowest BCUT2D eigenvalue weighted by atomic mass is 10.2. The van der Waals surface area contributed by atoms with Gasteiger partial charge in [0.2, 0.25) is 5.82 Å². The van der Waals surface area contributed by atoms with Crippen molar-refractivity contribution in [2.45, 2.75) is 25.9 Å². The Hall–Kier alpha value is -2.22. The fourth-order valence-corrected chi connectivity index (χ4v) is 1.63. The molecule has 0 radical (unpaired) electrons. The summed E-state index contributed by atoms with van der Waals surface area (Å²) in [4.78, 5) is 21.2. The van der Waals surface area contributed by atoms with Gasteiger partial charge in [0.1, 0.15) is 18.4 Å². The van der Waals surface area contributed by atoms with Gasteiger partial charge in [0.15, 0.2) is 0 Å². The fourth-order valence-electron chi connectivity index (χ4n) is 1.63. The van der Waals surface area contributed by atoms with Crippen LogP contribution in [0, 0.1) is 15.9 Å². The summed E-state index contributed by atoms with van der Waals surface area (Å²) in [5.41, 5.74) is -0.632. The molecule has 1 rings (SSSR count). The maximum Gasteiger partial charge on any atom is 0.326 e. The van der Waals surface area contributed by atoms with Gasteiger partial charge in [-0.3, -0.25) is 20.2 Å². The van der Waals surface area contributed by atoms with Crippen molar-refractivity contribution in [3.8, 4) is 5.75 Å². The molecule has 1 aromatic rings. The van der Waals surface area contributed by atoms with Crippen LogP contribution in [0.15, 0.2) is 18.2 Å². The summed E-state index contributed by atoms with van der Waals surface area (Å²) >= 11 is 0. The molecule has 0 amide bonds. The number of nitro benzene ring substituents is 1. The molecule has 0 saturated heterocycles. The van der Waals surface area contributed by atoms with Crippen LogP contribution >= 0.6 is 0 Å². The third kappa shape index (κ3) is 4.99. The maximum atomic E-state index is 13.4. The predicted molar refractivity (Wildman–Crippen MR) is 72.6 cm³/mol. The first-order valence-corrected chi connectivity index (χ1v) is 6.25. The summed E-state index contributed by atoms with van der Waals surface area (Å²) in [7, 11) is 1.25. The third-order valence-corrected chi connectivity index (χ3v) is 2.55. The molecule has 0 aliphatic carbocycles. The second-order valence-electron chi connectivity index (χ2n) is 4.58. The summed E-state index contributed by atoms with van der Waals surface area (Å²) in [6, 6.07) is 2.49. The number of ether oxygens (including phenoxy) is 2. The van der Waals surface area contributed by atoms with Crippen LogP contribution in [0.25, 0.3) is 0 Å². The van der Waals surface area contributed by atoms with E-state index in [2.05, 4.69) is 10.1 Å². The van der Waals surface area contributed by atoms with Crippen LogP contribution in [0.3, 0.4) is 0 Å². The number of nitrogens with one attached hydrogen (secondary N) is 1. The number of nitro groups is 1. The molecule has 1 atom stereocenters. The molecule has 0 bridgehead atoms. The van der Waals surface area contributed by atoms with Crippen molar-refractivity contribution in [2.24, 2.45) is 0 Å². The summed E-state index contributed by atoms with van der Waals surface area (Å²) in [5, 5.41) is 13.4. The molecule has 0 aliphatic heterocycles. The van der Waals surface area contributed by atoms with E-state index in [1.165, 1.54) is 13.2 Å². The van der Waals surface area contributed by atoms with Crippen LogP contribution in [0.5, 0.6) is 5.75 Å². The van der Waals surface area contributed by atoms with Crippen LogP contribution in [0.2, 0.25) is 0 Å². The van der Waals surface area contributed by atoms with Gasteiger partial charge in [-0.05, 0) is 6.07 Å². The smallest absolute Gasteiger partial charge is 0.326 e. The summed E-state index contributed by atoms with van der Waals surface area (Å²) in [5.74, 6) is -1.41. The highest BCUT2D eigenvalue weighted by Crippen LogP contribution is 2.22. The second kappa shape index (κ2) is 7.53. The SMILES string of the molecule is COC(=O)C(COc1ccc([N+](=O)[O-])c(F)c1)NC(C)C. The molecule has 1 aromatic carbocycles. The van der Waals surface area contributed by atoms with Gasteiger partial charge in [-0.1, -0.05) is 13.8 Å². The number of nitrogens with zero attached hydrogens (tertiary/aromatic N) is 1. The molecular weight excluding hydrogens is 283 g/mol. The average molecular weight is 300 g/mol. The first-order valence-electron chi connectivity index (χ1n) is 6.25. The van der Waals surface area contributed by atoms with Crippen molar-refractivity contribution in [1.82, 2.24) is 5.32 Å². The largest absolute Gasteiger partial charge is 0.491 e. The zero-order valence-electron chi connectivity index (χ0n) is 12.0. The topological polar surface area (TPSA) is 90.7 Å². The van der Waals surface area contributed by atoms with E-state index in [1.807, 2.05) is 13.8 Å². The highest BCUT2D eigenvalue weighted by Gasteiger charge is 2.21. The van der Waals surface area contributed by atoms with Crippen molar-refractivity contribution in [1.29, 1.82) is 0 Å². The number of benzene rings is 1. The number of esters is 1. The molecule has 0 fully saturated rings. The number of rotatable bonds is 7. The number of hydrogen-bond donors (Lipinski definition) is 1. The lowest BCUT2D eigenvalue weighted by molar-refractivity contribution is -0.387. The maximum absolute atomic E-state index is 13.4. The molecule has 8 heteroatoms. The van der Waals surface area contributed by atoms with E-state index in [0.717, 1.165) is 12.1 Å². The molecule has 7 nitrogen and oxygen atoms in total. The Morgan fingerprint density at radius 2 is 2.14 bits per heavy atom. The van der Waals surface area contributed by atoms with E-state index >= 15 is 0 Å². The van der Waals surface area contributed by atoms with Crippen molar-refractivity contribution < 1.29 is 23.6 Å². The average Bonchev–Trinajstić information content (AvgIpc) is 2.41. The fraction of sp³-hybridized carbons (Fsp3) is 0.462. The Morgan fingerprint density at radius 3 is 2.62 bits per heavy atom. The quantitative estimate of drug-likeness (QED) is 0.468. The van der Waals surface area contributed by atoms with Crippen LogP contribution in [0.1, 0.15) is 13.8 Å². The molecule has 1 unspecified atom stereocenters. The van der Waals surface area contributed by atoms with Gasteiger partial charge in [0.05, 0.1) is 12.0 Å².